The molecule has 0 aliphatic heterocycles. The number of carbonyl (C=O) groups excluding carboxylic acids is 3. The molecule has 0 saturated heterocycles. The second-order valence-electron chi connectivity index (χ2n) is 7.55. The molecule has 0 saturated carbocycles. The lowest BCUT2D eigenvalue weighted by atomic mass is 10.3. The number of ether oxygens (including phenoxy) is 3. The molecule has 1 aromatic rings. The zero-order valence-electron chi connectivity index (χ0n) is 19.4. The van der Waals surface area contributed by atoms with Gasteiger partial charge < -0.3 is 34.6 Å². The lowest BCUT2D eigenvalue weighted by Gasteiger charge is -2.19. The number of esters is 3. The van der Waals surface area contributed by atoms with Crippen LogP contribution in [-0.4, -0.2) is 96.3 Å². The number of aromatic nitrogens is 3. The van der Waals surface area contributed by atoms with Crippen molar-refractivity contribution < 1.29 is 49.0 Å². The van der Waals surface area contributed by atoms with Crippen LogP contribution in [0, 0.1) is 0 Å². The average Bonchev–Trinajstić information content (AvgIpc) is 2.77. The van der Waals surface area contributed by atoms with Crippen LogP contribution >= 0.6 is 0 Å². The van der Waals surface area contributed by atoms with Crippen LogP contribution in [0.3, 0.4) is 0 Å². The van der Waals surface area contributed by atoms with E-state index in [-0.39, 0.29) is 0 Å². The molecule has 0 bridgehead atoms. The monoisotopic (exact) mass is 507 g/mol. The molecular weight excluding hydrogens is 478 g/mol. The molecule has 16 nitrogen and oxygen atoms in total. The van der Waals surface area contributed by atoms with Gasteiger partial charge in [0.2, 0.25) is 0 Å². The Labute approximate surface area is 197 Å². The van der Waals surface area contributed by atoms with Crippen molar-refractivity contribution in [1.82, 2.24) is 13.7 Å². The summed E-state index contributed by atoms with van der Waals surface area (Å²) in [4.78, 5) is 71.7. The van der Waals surface area contributed by atoms with Crippen LogP contribution in [-0.2, 0) is 48.2 Å². The van der Waals surface area contributed by atoms with Crippen molar-refractivity contribution in [2.75, 3.05) is 19.8 Å². The maximum atomic E-state index is 12.8. The molecule has 1 heterocycles. The summed E-state index contributed by atoms with van der Waals surface area (Å²) in [5.41, 5.74) is -3.75. The predicted molar refractivity (Wildman–Crippen MR) is 113 cm³/mol. The molecule has 0 aromatic carbocycles. The number of aliphatic hydroxyl groups is 4. The Hall–Kier alpha value is -3.34. The molecule has 35 heavy (non-hydrogen) atoms. The average molecular weight is 507 g/mol. The van der Waals surface area contributed by atoms with Crippen molar-refractivity contribution in [2.24, 2.45) is 0 Å². The number of hydrogen-bond acceptors (Lipinski definition) is 13. The summed E-state index contributed by atoms with van der Waals surface area (Å²) in [6.07, 6.45) is -6.18. The Bertz CT molecular complexity index is 1010. The fraction of sp³-hybridized carbons (Fsp3) is 0.684. The molecular formula is C19H29N3O13. The normalized spacial score (nSPS) is 14.5. The van der Waals surface area contributed by atoms with Gasteiger partial charge in [-0.1, -0.05) is 0 Å². The van der Waals surface area contributed by atoms with Gasteiger partial charge in [0, 0.05) is 13.8 Å². The van der Waals surface area contributed by atoms with Crippen molar-refractivity contribution in [3.05, 3.63) is 31.5 Å². The Balaban J connectivity index is 3.35. The van der Waals surface area contributed by atoms with Crippen LogP contribution in [0.4, 0.5) is 0 Å². The highest BCUT2D eigenvalue weighted by molar-refractivity contribution is 5.73. The summed E-state index contributed by atoms with van der Waals surface area (Å²) in [5.74, 6) is -2.54. The SMILES string of the molecule is CC(=O)OCC(O)Cn1c(=O)n(CC(O)COC(C)=O)c(=O)n(CC(O)COC(=O)C(C)O)c1=O. The first-order valence-electron chi connectivity index (χ1n) is 10.3. The van der Waals surface area contributed by atoms with Crippen LogP contribution in [0.5, 0.6) is 0 Å². The predicted octanol–water partition coefficient (Wildman–Crippen LogP) is -4.70. The molecule has 0 radical (unpaired) electrons. The molecule has 1 rings (SSSR count). The number of carbonyl (C=O) groups is 3. The molecule has 16 heteroatoms. The summed E-state index contributed by atoms with van der Waals surface area (Å²) >= 11 is 0. The van der Waals surface area contributed by atoms with E-state index < -0.39 is 98.8 Å². The second-order valence-corrected chi connectivity index (χ2v) is 7.55. The fourth-order valence-electron chi connectivity index (χ4n) is 2.67. The van der Waals surface area contributed by atoms with Gasteiger partial charge in [0.1, 0.15) is 44.2 Å². The maximum Gasteiger partial charge on any atom is 0.336 e. The van der Waals surface area contributed by atoms with Gasteiger partial charge >= 0.3 is 35.0 Å². The Morgan fingerprint density at radius 1 is 0.657 bits per heavy atom. The summed E-state index contributed by atoms with van der Waals surface area (Å²) in [6, 6.07) is 0. The molecule has 0 spiro atoms. The third-order valence-corrected chi connectivity index (χ3v) is 4.28. The first kappa shape index (κ1) is 29.7. The lowest BCUT2D eigenvalue weighted by Crippen LogP contribution is -2.57. The molecule has 0 aliphatic carbocycles. The molecule has 0 fully saturated rings. The van der Waals surface area contributed by atoms with E-state index in [1.807, 2.05) is 0 Å². The largest absolute Gasteiger partial charge is 0.463 e. The Kier molecular flexibility index (Phi) is 11.5. The van der Waals surface area contributed by atoms with Crippen molar-refractivity contribution >= 4 is 17.9 Å². The highest BCUT2D eigenvalue weighted by Crippen LogP contribution is 1.95. The highest BCUT2D eigenvalue weighted by atomic mass is 16.6. The van der Waals surface area contributed by atoms with E-state index >= 15 is 0 Å². The smallest absolute Gasteiger partial charge is 0.336 e. The van der Waals surface area contributed by atoms with E-state index in [0.29, 0.717) is 13.7 Å². The third kappa shape index (κ3) is 9.44. The van der Waals surface area contributed by atoms with Crippen LogP contribution in [0.15, 0.2) is 14.4 Å². The molecule has 198 valence electrons. The van der Waals surface area contributed by atoms with Crippen LogP contribution in [0.2, 0.25) is 0 Å². The van der Waals surface area contributed by atoms with Gasteiger partial charge in [-0.15, -0.1) is 0 Å². The van der Waals surface area contributed by atoms with Gasteiger partial charge in [0.05, 0.1) is 19.6 Å². The van der Waals surface area contributed by atoms with E-state index in [2.05, 4.69) is 14.2 Å². The van der Waals surface area contributed by atoms with Crippen molar-refractivity contribution in [3.8, 4) is 0 Å². The minimum atomic E-state index is -1.63. The molecule has 4 unspecified atom stereocenters. The fourth-order valence-corrected chi connectivity index (χ4v) is 2.67. The number of hydrogen-bond donors (Lipinski definition) is 4. The van der Waals surface area contributed by atoms with Gasteiger partial charge in [-0.3, -0.25) is 9.59 Å². The van der Waals surface area contributed by atoms with E-state index in [1.54, 1.807) is 0 Å². The van der Waals surface area contributed by atoms with E-state index in [4.69, 9.17) is 5.11 Å². The van der Waals surface area contributed by atoms with Gasteiger partial charge in [0.25, 0.3) is 0 Å². The second kappa shape index (κ2) is 13.5. The third-order valence-electron chi connectivity index (χ3n) is 4.28. The number of aliphatic hydroxyl groups excluding tert-OH is 4. The first-order valence-corrected chi connectivity index (χ1v) is 10.3. The van der Waals surface area contributed by atoms with Crippen LogP contribution < -0.4 is 17.1 Å². The minimum Gasteiger partial charge on any atom is -0.463 e. The topological polar surface area (TPSA) is 226 Å². The van der Waals surface area contributed by atoms with Crippen LogP contribution in [0.1, 0.15) is 20.8 Å². The first-order chi connectivity index (χ1) is 16.2. The zero-order valence-corrected chi connectivity index (χ0v) is 19.4. The minimum absolute atomic E-state index is 0.402. The molecule has 1 aromatic heterocycles. The lowest BCUT2D eigenvalue weighted by molar-refractivity contribution is -0.155. The number of nitrogens with zero attached hydrogens (tertiary/aromatic N) is 3. The van der Waals surface area contributed by atoms with Crippen molar-refractivity contribution in [3.63, 3.8) is 0 Å². The van der Waals surface area contributed by atoms with Crippen molar-refractivity contribution in [2.45, 2.75) is 64.8 Å². The summed E-state index contributed by atoms with van der Waals surface area (Å²) in [5, 5.41) is 39.3. The standard InChI is InChI=1S/C19H29N3O13/c1-10(23)16(29)35-9-15(28)6-22-18(31)20(4-13(26)7-33-11(2)24)17(30)21(19(22)32)5-14(27)8-34-12(3)25/h10,13-15,23,26-28H,4-9H2,1-3H3. The maximum absolute atomic E-state index is 12.8. The molecule has 4 atom stereocenters. The van der Waals surface area contributed by atoms with Gasteiger partial charge in [-0.05, 0) is 6.92 Å². The van der Waals surface area contributed by atoms with Crippen LogP contribution in [0.25, 0.3) is 0 Å². The Morgan fingerprint density at radius 3 is 1.20 bits per heavy atom. The van der Waals surface area contributed by atoms with E-state index in [9.17, 15) is 44.1 Å². The molecule has 4 N–H and O–H groups in total. The quantitative estimate of drug-likeness (QED) is 0.146. The summed E-state index contributed by atoms with van der Waals surface area (Å²) in [6.45, 7) is -0.817. The van der Waals surface area contributed by atoms with Crippen molar-refractivity contribution in [1.29, 1.82) is 0 Å². The zero-order chi connectivity index (χ0) is 26.9. The molecule has 0 aliphatic rings. The molecule has 0 amide bonds. The Morgan fingerprint density at radius 2 is 0.943 bits per heavy atom. The van der Waals surface area contributed by atoms with Gasteiger partial charge in [-0.2, -0.15) is 0 Å². The highest BCUT2D eigenvalue weighted by Gasteiger charge is 2.23. The van der Waals surface area contributed by atoms with E-state index in [0.717, 1.165) is 20.8 Å². The van der Waals surface area contributed by atoms with E-state index in [1.165, 1.54) is 0 Å². The number of rotatable bonds is 13. The van der Waals surface area contributed by atoms with Gasteiger partial charge in [-0.25, -0.2) is 32.9 Å². The van der Waals surface area contributed by atoms with Gasteiger partial charge in [0.15, 0.2) is 0 Å². The summed E-state index contributed by atoms with van der Waals surface area (Å²) in [7, 11) is 0. The summed E-state index contributed by atoms with van der Waals surface area (Å²) < 4.78 is 15.1.